The Bertz CT molecular complexity index is 4440. The maximum Gasteiger partial charge on any atom is 0.140 e. The molecule has 0 saturated heterocycles. The summed E-state index contributed by atoms with van der Waals surface area (Å²) in [6, 6.07) is 92.2. The van der Waals surface area contributed by atoms with Crippen molar-refractivity contribution in [3.63, 3.8) is 0 Å². The van der Waals surface area contributed by atoms with Gasteiger partial charge < -0.3 is 14.1 Å². The van der Waals surface area contributed by atoms with Crippen LogP contribution >= 0.6 is 0 Å². The third-order valence-electron chi connectivity index (χ3n) is 16.9. The molecule has 0 unspecified atom stereocenters. The molecule has 0 fully saturated rings. The molecule has 0 amide bonds. The summed E-state index contributed by atoms with van der Waals surface area (Å²) in [5, 5.41) is 6.66. The molecule has 3 heteroatoms. The predicted molar refractivity (Wildman–Crippen MR) is 297 cm³/mol. The maximum absolute atomic E-state index is 7.35. The lowest BCUT2D eigenvalue weighted by molar-refractivity contribution is 0.447. The highest BCUT2D eigenvalue weighted by Crippen LogP contribution is 2.66. The van der Waals surface area contributed by atoms with E-state index in [4.69, 9.17) is 9.15 Å². The molecule has 2 heterocycles. The highest BCUT2D eigenvalue weighted by molar-refractivity contribution is 6.14. The molecule has 1 aromatic heterocycles. The van der Waals surface area contributed by atoms with Crippen molar-refractivity contribution in [1.29, 1.82) is 0 Å². The van der Waals surface area contributed by atoms with Crippen LogP contribution in [0.4, 0.5) is 17.1 Å². The van der Waals surface area contributed by atoms with Gasteiger partial charge in [0.2, 0.25) is 0 Å². The van der Waals surface area contributed by atoms with Gasteiger partial charge in [-0.3, -0.25) is 0 Å². The summed E-state index contributed by atoms with van der Waals surface area (Å²) >= 11 is 0. The molecule has 2 spiro atoms. The Kier molecular flexibility index (Phi) is 7.60. The fourth-order valence-corrected chi connectivity index (χ4v) is 14.1. The molecule has 4 aliphatic rings. The van der Waals surface area contributed by atoms with Crippen molar-refractivity contribution in [3.8, 4) is 44.9 Å². The van der Waals surface area contributed by atoms with Crippen LogP contribution in [0.3, 0.4) is 0 Å². The van der Waals surface area contributed by atoms with E-state index < -0.39 is 10.8 Å². The van der Waals surface area contributed by atoms with Gasteiger partial charge in [-0.2, -0.15) is 0 Å². The monoisotopic (exact) mass is 927 g/mol. The van der Waals surface area contributed by atoms with Crippen molar-refractivity contribution in [2.45, 2.75) is 10.8 Å². The Morgan fingerprint density at radius 3 is 1.34 bits per heavy atom. The van der Waals surface area contributed by atoms with Crippen LogP contribution in [-0.4, -0.2) is 0 Å². The van der Waals surface area contributed by atoms with Crippen LogP contribution < -0.4 is 9.64 Å². The zero-order valence-corrected chi connectivity index (χ0v) is 39.4. The summed E-state index contributed by atoms with van der Waals surface area (Å²) in [6.45, 7) is 0. The number of ether oxygens (including phenoxy) is 1. The van der Waals surface area contributed by atoms with E-state index in [1.165, 1.54) is 66.8 Å². The number of nitrogens with zero attached hydrogens (tertiary/aromatic N) is 1. The van der Waals surface area contributed by atoms with Crippen molar-refractivity contribution in [2.75, 3.05) is 4.90 Å². The second-order valence-electron chi connectivity index (χ2n) is 20.2. The fourth-order valence-electron chi connectivity index (χ4n) is 14.1. The fraction of sp³-hybridized carbons (Fsp3) is 0.0286. The van der Waals surface area contributed by atoms with Gasteiger partial charge in [0.15, 0.2) is 0 Å². The number of rotatable bonds is 3. The lowest BCUT2D eigenvalue weighted by atomic mass is 9.65. The van der Waals surface area contributed by atoms with Crippen molar-refractivity contribution in [3.05, 3.63) is 293 Å². The molecular weight excluding hydrogens is 887 g/mol. The van der Waals surface area contributed by atoms with Crippen molar-refractivity contribution in [2.24, 2.45) is 0 Å². The minimum absolute atomic E-state index is 0.451. The van der Waals surface area contributed by atoms with Crippen LogP contribution in [0.5, 0.6) is 11.5 Å². The van der Waals surface area contributed by atoms with E-state index in [0.717, 1.165) is 83.2 Å². The number of fused-ring (bicyclic) bond motifs is 26. The van der Waals surface area contributed by atoms with Crippen molar-refractivity contribution in [1.82, 2.24) is 0 Å². The summed E-state index contributed by atoms with van der Waals surface area (Å²) in [7, 11) is 0. The first-order valence-corrected chi connectivity index (χ1v) is 25.3. The standard InChI is InChI=1S/C70H41NO2/c1-3-18-46-42(16-1)32-37-60-67(46)73-68-47-19-4-2-17-43(47)33-38-61(68)70(60)57-27-12-7-22-50(57)52-36-34-45(41-62(52)70)71(63-29-15-31-65-66(63)53-24-9-14-30-64(53)72-65)44-35-39-59-54(40-44)51-23-8-13-28-58(51)69(59)55-25-10-5-20-48(55)49-21-6-11-26-56(49)69/h1-41H. The largest absolute Gasteiger partial charge is 0.456 e. The van der Waals surface area contributed by atoms with Crippen LogP contribution in [0.1, 0.15) is 44.5 Å². The first-order valence-electron chi connectivity index (χ1n) is 25.3. The van der Waals surface area contributed by atoms with Crippen LogP contribution in [0.25, 0.3) is 76.9 Å². The maximum atomic E-state index is 7.35. The number of benzene rings is 12. The molecule has 73 heavy (non-hydrogen) atoms. The number of para-hydroxylation sites is 1. The van der Waals surface area contributed by atoms with Gasteiger partial charge in [0.1, 0.15) is 22.7 Å². The molecule has 17 rings (SSSR count). The van der Waals surface area contributed by atoms with E-state index in [1.807, 2.05) is 0 Å². The Morgan fingerprint density at radius 1 is 0.288 bits per heavy atom. The van der Waals surface area contributed by atoms with Gasteiger partial charge in [0.25, 0.3) is 0 Å². The second kappa shape index (κ2) is 14.1. The number of hydrogen-bond acceptors (Lipinski definition) is 3. The lowest BCUT2D eigenvalue weighted by Gasteiger charge is -2.40. The zero-order chi connectivity index (χ0) is 47.6. The topological polar surface area (TPSA) is 25.6 Å². The highest BCUT2D eigenvalue weighted by atomic mass is 16.5. The summed E-state index contributed by atoms with van der Waals surface area (Å²) in [4.78, 5) is 2.49. The van der Waals surface area contributed by atoms with Gasteiger partial charge in [-0.25, -0.2) is 0 Å². The Labute approximate surface area is 421 Å². The van der Waals surface area contributed by atoms with Gasteiger partial charge in [-0.1, -0.05) is 206 Å². The molecular formula is C70H41NO2. The Morgan fingerprint density at radius 2 is 0.726 bits per heavy atom. The van der Waals surface area contributed by atoms with E-state index >= 15 is 0 Å². The molecule has 3 nitrogen and oxygen atoms in total. The first-order chi connectivity index (χ1) is 36.2. The number of furan rings is 1. The van der Waals surface area contributed by atoms with E-state index in [1.54, 1.807) is 0 Å². The Hall–Kier alpha value is -9.44. The normalized spacial score (nSPS) is 14.4. The van der Waals surface area contributed by atoms with Crippen LogP contribution in [0, 0.1) is 0 Å². The molecule has 0 bridgehead atoms. The van der Waals surface area contributed by atoms with E-state index in [0.29, 0.717) is 0 Å². The van der Waals surface area contributed by atoms with E-state index in [2.05, 4.69) is 254 Å². The smallest absolute Gasteiger partial charge is 0.140 e. The third kappa shape index (κ3) is 4.85. The third-order valence-corrected chi connectivity index (χ3v) is 16.9. The number of anilines is 3. The summed E-state index contributed by atoms with van der Waals surface area (Å²) < 4.78 is 14.0. The van der Waals surface area contributed by atoms with Crippen LogP contribution in [0.15, 0.2) is 253 Å². The van der Waals surface area contributed by atoms with Crippen molar-refractivity contribution >= 4 is 60.5 Å². The number of hydrogen-bond donors (Lipinski definition) is 0. The molecule has 338 valence electrons. The molecule has 0 radical (unpaired) electrons. The van der Waals surface area contributed by atoms with Gasteiger partial charge in [-0.15, -0.1) is 0 Å². The SMILES string of the molecule is c1ccc2c(c1)-c1ccccc1C21c2ccccc2-c2cc(N(c3ccc4c(c3)C3(c5ccccc5-4)c4ccc5ccccc5c4Oc4c3ccc3ccccc43)c3cccc4oc5ccccc5c34)ccc21. The molecule has 12 aromatic carbocycles. The highest BCUT2D eigenvalue weighted by Gasteiger charge is 2.53. The summed E-state index contributed by atoms with van der Waals surface area (Å²) in [5.41, 5.74) is 21.3. The minimum atomic E-state index is -0.717. The molecule has 13 aromatic rings. The average molecular weight is 928 g/mol. The van der Waals surface area contributed by atoms with Gasteiger partial charge >= 0.3 is 0 Å². The Balaban J connectivity index is 0.971. The second-order valence-corrected chi connectivity index (χ2v) is 20.2. The van der Waals surface area contributed by atoms with E-state index in [-0.39, 0.29) is 0 Å². The molecule has 0 atom stereocenters. The van der Waals surface area contributed by atoms with Gasteiger partial charge in [0, 0.05) is 38.7 Å². The van der Waals surface area contributed by atoms with Gasteiger partial charge in [-0.05, 0) is 120 Å². The van der Waals surface area contributed by atoms with Crippen LogP contribution in [-0.2, 0) is 10.8 Å². The average Bonchev–Trinajstić information content (AvgIpc) is 4.18. The lowest BCUT2D eigenvalue weighted by Crippen LogP contribution is -2.32. The van der Waals surface area contributed by atoms with Crippen molar-refractivity contribution < 1.29 is 9.15 Å². The van der Waals surface area contributed by atoms with E-state index in [9.17, 15) is 0 Å². The first kappa shape index (κ1) is 39.3. The molecule has 0 N–H and O–H groups in total. The van der Waals surface area contributed by atoms with Gasteiger partial charge in [0.05, 0.1) is 21.9 Å². The predicted octanol–water partition coefficient (Wildman–Crippen LogP) is 18.2. The molecule has 0 saturated carbocycles. The minimum Gasteiger partial charge on any atom is -0.456 e. The van der Waals surface area contributed by atoms with Crippen LogP contribution in [0.2, 0.25) is 0 Å². The summed E-state index contributed by atoms with van der Waals surface area (Å²) in [6.07, 6.45) is 0. The zero-order valence-electron chi connectivity index (χ0n) is 39.4. The summed E-state index contributed by atoms with van der Waals surface area (Å²) in [5.74, 6) is 1.81. The quantitative estimate of drug-likeness (QED) is 0.177. The molecule has 3 aliphatic carbocycles. The molecule has 1 aliphatic heterocycles.